The van der Waals surface area contributed by atoms with Crippen molar-refractivity contribution in [3.63, 3.8) is 0 Å². The van der Waals surface area contributed by atoms with Crippen molar-refractivity contribution in [1.82, 2.24) is 10.6 Å². The summed E-state index contributed by atoms with van der Waals surface area (Å²) in [7, 11) is 0. The Balaban J connectivity index is 3.76. The zero-order chi connectivity index (χ0) is 12.6. The van der Waals surface area contributed by atoms with Crippen LogP contribution in [0, 0.1) is 18.3 Å². The lowest BCUT2D eigenvalue weighted by Gasteiger charge is -2.14. The third kappa shape index (κ3) is 6.04. The predicted octanol–water partition coefficient (Wildman–Crippen LogP) is -0.775. The smallest absolute Gasteiger partial charge is 0.239 e. The van der Waals surface area contributed by atoms with Crippen molar-refractivity contribution in [2.24, 2.45) is 11.7 Å². The fourth-order valence-electron chi connectivity index (χ4n) is 0.925. The number of nitrogens with two attached hydrogens (primary N) is 1. The maximum Gasteiger partial charge on any atom is 0.239 e. The van der Waals surface area contributed by atoms with Crippen molar-refractivity contribution in [3.05, 3.63) is 0 Å². The third-order valence-electron chi connectivity index (χ3n) is 2.04. The molecule has 5 nitrogen and oxygen atoms in total. The molecule has 0 fully saturated rings. The van der Waals surface area contributed by atoms with Crippen LogP contribution in [0.3, 0.4) is 0 Å². The maximum atomic E-state index is 11.4. The monoisotopic (exact) mass is 225 g/mol. The topological polar surface area (TPSA) is 84.2 Å². The lowest BCUT2D eigenvalue weighted by molar-refractivity contribution is -0.127. The Morgan fingerprint density at radius 2 is 2.00 bits per heavy atom. The van der Waals surface area contributed by atoms with Gasteiger partial charge in [0.15, 0.2) is 0 Å². The summed E-state index contributed by atoms with van der Waals surface area (Å²) in [5.74, 6) is 1.86. The minimum atomic E-state index is -0.585. The zero-order valence-electron chi connectivity index (χ0n) is 9.75. The van der Waals surface area contributed by atoms with Crippen LogP contribution in [0.2, 0.25) is 0 Å². The summed E-state index contributed by atoms with van der Waals surface area (Å²) in [5, 5.41) is 5.03. The van der Waals surface area contributed by atoms with Crippen molar-refractivity contribution in [2.75, 3.05) is 13.1 Å². The second kappa shape index (κ2) is 7.71. The summed E-state index contributed by atoms with van der Waals surface area (Å²) in [5.41, 5.74) is 5.60. The van der Waals surface area contributed by atoms with Gasteiger partial charge in [0.05, 0.1) is 12.6 Å². The van der Waals surface area contributed by atoms with E-state index in [0.717, 1.165) is 0 Å². The fraction of sp³-hybridized carbons (Fsp3) is 0.636. The average molecular weight is 225 g/mol. The Morgan fingerprint density at radius 1 is 1.38 bits per heavy atom. The second-order valence-electron chi connectivity index (χ2n) is 3.79. The predicted molar refractivity (Wildman–Crippen MR) is 62.3 cm³/mol. The lowest BCUT2D eigenvalue weighted by atomic mass is 10.1. The summed E-state index contributed by atoms with van der Waals surface area (Å²) in [6.07, 6.45) is 5.50. The Bertz CT molecular complexity index is 281. The molecule has 0 aromatic carbocycles. The van der Waals surface area contributed by atoms with Crippen molar-refractivity contribution in [2.45, 2.75) is 26.3 Å². The quantitative estimate of drug-likeness (QED) is 0.410. The van der Waals surface area contributed by atoms with E-state index in [2.05, 4.69) is 16.6 Å². The van der Waals surface area contributed by atoms with Gasteiger partial charge in [0.25, 0.3) is 0 Å². The first-order valence-electron chi connectivity index (χ1n) is 5.22. The van der Waals surface area contributed by atoms with Crippen LogP contribution in [0.4, 0.5) is 0 Å². The van der Waals surface area contributed by atoms with E-state index in [0.29, 0.717) is 13.0 Å². The van der Waals surface area contributed by atoms with E-state index in [4.69, 9.17) is 12.2 Å². The Morgan fingerprint density at radius 3 is 2.50 bits per heavy atom. The summed E-state index contributed by atoms with van der Waals surface area (Å²) >= 11 is 0. The molecule has 0 bridgehead atoms. The summed E-state index contributed by atoms with van der Waals surface area (Å²) < 4.78 is 0. The number of nitrogens with one attached hydrogen (secondary N) is 2. The van der Waals surface area contributed by atoms with Gasteiger partial charge >= 0.3 is 0 Å². The van der Waals surface area contributed by atoms with Gasteiger partial charge in [-0.3, -0.25) is 9.59 Å². The van der Waals surface area contributed by atoms with Gasteiger partial charge in [-0.25, -0.2) is 0 Å². The van der Waals surface area contributed by atoms with E-state index in [-0.39, 0.29) is 24.3 Å². The van der Waals surface area contributed by atoms with Gasteiger partial charge in [0, 0.05) is 13.0 Å². The molecule has 0 saturated carbocycles. The molecule has 5 heteroatoms. The number of carbonyl (C=O) groups excluding carboxylic acids is 2. The van der Waals surface area contributed by atoms with Crippen LogP contribution in [0.15, 0.2) is 0 Å². The molecule has 0 radical (unpaired) electrons. The number of hydrogen-bond acceptors (Lipinski definition) is 3. The number of rotatable bonds is 6. The first-order chi connectivity index (χ1) is 7.49. The highest BCUT2D eigenvalue weighted by molar-refractivity contribution is 5.87. The van der Waals surface area contributed by atoms with Crippen LogP contribution in [0.1, 0.15) is 20.3 Å². The molecule has 0 heterocycles. The molecule has 0 aliphatic rings. The molecule has 90 valence electrons. The van der Waals surface area contributed by atoms with E-state index in [1.165, 1.54) is 0 Å². The molecule has 0 aromatic rings. The first-order valence-corrected chi connectivity index (χ1v) is 5.22. The van der Waals surface area contributed by atoms with E-state index < -0.39 is 6.04 Å². The standard InChI is InChI=1S/C11H19N3O2/c1-4-5-6-13-9(15)7-14-11(16)10(12)8(2)3/h1,8,10H,5-7,12H2,2-3H3,(H,13,15)(H,14,16)/t10-/m0/s1. The molecule has 0 unspecified atom stereocenters. The van der Waals surface area contributed by atoms with E-state index >= 15 is 0 Å². The lowest BCUT2D eigenvalue weighted by Crippen LogP contribution is -2.47. The molecular weight excluding hydrogens is 206 g/mol. The minimum Gasteiger partial charge on any atom is -0.354 e. The third-order valence-corrected chi connectivity index (χ3v) is 2.04. The molecule has 0 aromatic heterocycles. The number of terminal acetylenes is 1. The van der Waals surface area contributed by atoms with E-state index in [9.17, 15) is 9.59 Å². The first kappa shape index (κ1) is 14.5. The average Bonchev–Trinajstić information content (AvgIpc) is 2.25. The fourth-order valence-corrected chi connectivity index (χ4v) is 0.925. The zero-order valence-corrected chi connectivity index (χ0v) is 9.75. The van der Waals surface area contributed by atoms with E-state index in [1.807, 2.05) is 13.8 Å². The Kier molecular flexibility index (Phi) is 6.97. The van der Waals surface area contributed by atoms with Crippen LogP contribution in [0.25, 0.3) is 0 Å². The SMILES string of the molecule is C#CCCNC(=O)CNC(=O)[C@@H](N)C(C)C. The molecule has 0 rings (SSSR count). The molecule has 4 N–H and O–H groups in total. The highest BCUT2D eigenvalue weighted by atomic mass is 16.2. The largest absolute Gasteiger partial charge is 0.354 e. The molecule has 0 aliphatic heterocycles. The van der Waals surface area contributed by atoms with Crippen LogP contribution >= 0.6 is 0 Å². The van der Waals surface area contributed by atoms with Gasteiger partial charge < -0.3 is 16.4 Å². The molecule has 2 amide bonds. The van der Waals surface area contributed by atoms with Crippen molar-refractivity contribution >= 4 is 11.8 Å². The Hall–Kier alpha value is -1.54. The molecular formula is C11H19N3O2. The molecule has 0 saturated heterocycles. The highest BCUT2D eigenvalue weighted by Gasteiger charge is 2.17. The van der Waals surface area contributed by atoms with Crippen molar-refractivity contribution in [3.8, 4) is 12.3 Å². The molecule has 0 spiro atoms. The van der Waals surface area contributed by atoms with Crippen molar-refractivity contribution in [1.29, 1.82) is 0 Å². The molecule has 0 aliphatic carbocycles. The van der Waals surface area contributed by atoms with Crippen LogP contribution < -0.4 is 16.4 Å². The number of carbonyl (C=O) groups is 2. The van der Waals surface area contributed by atoms with Gasteiger partial charge in [0.2, 0.25) is 11.8 Å². The summed E-state index contributed by atoms with van der Waals surface area (Å²) in [4.78, 5) is 22.5. The molecule has 16 heavy (non-hydrogen) atoms. The van der Waals surface area contributed by atoms with Crippen molar-refractivity contribution < 1.29 is 9.59 Å². The molecule has 1 atom stereocenters. The summed E-state index contributed by atoms with van der Waals surface area (Å²) in [6, 6.07) is -0.585. The minimum absolute atomic E-state index is 0.0458. The normalized spacial score (nSPS) is 11.7. The maximum absolute atomic E-state index is 11.4. The van der Waals surface area contributed by atoms with E-state index in [1.54, 1.807) is 0 Å². The van der Waals surface area contributed by atoms with Gasteiger partial charge in [-0.15, -0.1) is 12.3 Å². The number of hydrogen-bond donors (Lipinski definition) is 3. The van der Waals surface area contributed by atoms with Gasteiger partial charge in [-0.2, -0.15) is 0 Å². The van der Waals surface area contributed by atoms with Gasteiger partial charge in [-0.05, 0) is 5.92 Å². The Labute approximate surface area is 96.2 Å². The van der Waals surface area contributed by atoms with Crippen LogP contribution in [-0.2, 0) is 9.59 Å². The number of amides is 2. The van der Waals surface area contributed by atoms with Crippen LogP contribution in [-0.4, -0.2) is 30.9 Å². The van der Waals surface area contributed by atoms with Gasteiger partial charge in [0.1, 0.15) is 0 Å². The van der Waals surface area contributed by atoms with Crippen LogP contribution in [0.5, 0.6) is 0 Å². The second-order valence-corrected chi connectivity index (χ2v) is 3.79. The summed E-state index contributed by atoms with van der Waals surface area (Å²) in [6.45, 7) is 4.04. The van der Waals surface area contributed by atoms with Gasteiger partial charge in [-0.1, -0.05) is 13.8 Å². The highest BCUT2D eigenvalue weighted by Crippen LogP contribution is 1.97.